The number of nitrogens with zero attached hydrogens (tertiary/aromatic N) is 2. The molecule has 0 bridgehead atoms. The molecule has 0 N–H and O–H groups in total. The van der Waals surface area contributed by atoms with Crippen LogP contribution in [-0.2, 0) is 40.4 Å². The van der Waals surface area contributed by atoms with Gasteiger partial charge in [0.15, 0.2) is 0 Å². The molecule has 1 aliphatic rings. The van der Waals surface area contributed by atoms with Gasteiger partial charge >= 0.3 is 0 Å². The molecule has 7 heteroatoms. The highest BCUT2D eigenvalue weighted by Gasteiger charge is 2.26. The molecule has 0 aromatic heterocycles. The number of rotatable bonds is 6. The Hall–Kier alpha value is -7.20. The fourth-order valence-corrected chi connectivity index (χ4v) is 9.13. The number of ether oxygens (including phenoxy) is 5. The minimum absolute atomic E-state index is 0.0902. The molecule has 9 rings (SSSR count). The first kappa shape index (κ1) is 46.9. The fourth-order valence-electron chi connectivity index (χ4n) is 9.13. The zero-order valence-electron chi connectivity index (χ0n) is 39.1. The molecular formula is C62H58N2O5. The quantitative estimate of drug-likeness (QED) is 0.154. The van der Waals surface area contributed by atoms with Crippen molar-refractivity contribution in [2.75, 3.05) is 52.9 Å². The molecule has 0 unspecified atom stereocenters. The van der Waals surface area contributed by atoms with Crippen LogP contribution in [0.15, 0.2) is 194 Å². The minimum Gasteiger partial charge on any atom is -0.491 e. The molecule has 0 saturated heterocycles. The Kier molecular flexibility index (Phi) is 16.8. The van der Waals surface area contributed by atoms with Crippen molar-refractivity contribution in [2.24, 2.45) is 0 Å². The second-order valence-electron chi connectivity index (χ2n) is 17.1. The lowest BCUT2D eigenvalue weighted by Crippen LogP contribution is -2.31. The highest BCUT2D eigenvalue weighted by molar-refractivity contribution is 5.88. The van der Waals surface area contributed by atoms with Crippen LogP contribution < -0.4 is 9.47 Å². The zero-order chi connectivity index (χ0) is 46.7. The molecule has 8 aromatic carbocycles. The molecular weight excluding hydrogens is 853 g/mol. The van der Waals surface area contributed by atoms with Crippen LogP contribution in [0.1, 0.15) is 45.5 Å². The van der Waals surface area contributed by atoms with Gasteiger partial charge in [-0.1, -0.05) is 194 Å². The summed E-state index contributed by atoms with van der Waals surface area (Å²) in [6, 6.07) is 67.7. The van der Waals surface area contributed by atoms with E-state index < -0.39 is 0 Å². The third-order valence-electron chi connectivity index (χ3n) is 12.5. The summed E-state index contributed by atoms with van der Waals surface area (Å²) >= 11 is 0. The highest BCUT2D eigenvalue weighted by Crippen LogP contribution is 2.36. The summed E-state index contributed by atoms with van der Waals surface area (Å²) in [6.45, 7) is 5.54. The average Bonchev–Trinajstić information content (AvgIpc) is 3.40. The molecule has 0 radical (unpaired) electrons. The lowest BCUT2D eigenvalue weighted by molar-refractivity contribution is 0.0627. The molecule has 0 aliphatic carbocycles. The fraction of sp³-hybridized carbons (Fsp3) is 0.226. The summed E-state index contributed by atoms with van der Waals surface area (Å²) in [7, 11) is 0. The first-order chi connectivity index (χ1) is 34.3. The van der Waals surface area contributed by atoms with E-state index in [1.54, 1.807) is 0 Å². The van der Waals surface area contributed by atoms with Crippen LogP contribution in [0.2, 0.25) is 0 Å². The van der Waals surface area contributed by atoms with Gasteiger partial charge in [0, 0.05) is 37.3 Å². The predicted molar refractivity (Wildman–Crippen MR) is 277 cm³/mol. The molecule has 7 nitrogen and oxygen atoms in total. The van der Waals surface area contributed by atoms with Crippen molar-refractivity contribution in [3.8, 4) is 35.2 Å². The topological polar surface area (TPSA) is 52.6 Å². The molecule has 0 amide bonds. The highest BCUT2D eigenvalue weighted by atomic mass is 16.5. The lowest BCUT2D eigenvalue weighted by Gasteiger charge is -2.33. The maximum Gasteiger partial charge on any atom is 0.124 e. The van der Waals surface area contributed by atoms with Gasteiger partial charge in [-0.2, -0.15) is 0 Å². The molecule has 346 valence electrons. The normalized spacial score (nSPS) is 17.3. The van der Waals surface area contributed by atoms with E-state index in [9.17, 15) is 0 Å². The molecule has 2 atom stereocenters. The van der Waals surface area contributed by atoms with Gasteiger partial charge in [0.05, 0.1) is 38.5 Å². The van der Waals surface area contributed by atoms with Crippen LogP contribution in [-0.4, -0.2) is 62.7 Å². The molecule has 0 fully saturated rings. The van der Waals surface area contributed by atoms with Crippen LogP contribution >= 0.6 is 0 Å². The van der Waals surface area contributed by atoms with E-state index in [0.29, 0.717) is 65.8 Å². The third kappa shape index (κ3) is 12.9. The molecule has 8 aromatic rings. The Morgan fingerprint density at radius 1 is 0.391 bits per heavy atom. The van der Waals surface area contributed by atoms with E-state index in [1.807, 2.05) is 0 Å². The second-order valence-corrected chi connectivity index (χ2v) is 17.1. The standard InChI is InChI=1S/C62H58N2O5/c1-2-20-38-67-48-60(54-29-13-6-14-30-54)64(44-50-23-9-4-10-24-50)46-58-56-32-18-16-26-52(56)34-36-62(58)69-42-40-65-39-41-68-61-35-33-51-25-15-17-31-55(51)57(61)45-63(43-49-21-7-3-8-22-49)59(47-66-37-19-1)53-27-11-5-12-28-53/h3-18,21-36,59-60H,37-48H2/t59-,60-/m0/s1. The van der Waals surface area contributed by atoms with E-state index in [-0.39, 0.29) is 25.3 Å². The van der Waals surface area contributed by atoms with Crippen molar-refractivity contribution in [1.29, 1.82) is 0 Å². The van der Waals surface area contributed by atoms with Crippen molar-refractivity contribution in [3.05, 3.63) is 228 Å². The van der Waals surface area contributed by atoms with Gasteiger partial charge < -0.3 is 23.7 Å². The van der Waals surface area contributed by atoms with Gasteiger partial charge in [-0.05, 0) is 67.8 Å². The van der Waals surface area contributed by atoms with E-state index in [0.717, 1.165) is 55.3 Å². The van der Waals surface area contributed by atoms with Gasteiger partial charge in [0.1, 0.15) is 37.9 Å². The Balaban J connectivity index is 1.03. The van der Waals surface area contributed by atoms with E-state index in [2.05, 4.69) is 228 Å². The van der Waals surface area contributed by atoms with Gasteiger partial charge in [0.25, 0.3) is 0 Å². The minimum atomic E-state index is -0.0902. The molecule has 0 saturated carbocycles. The van der Waals surface area contributed by atoms with Gasteiger partial charge in [0.2, 0.25) is 0 Å². The van der Waals surface area contributed by atoms with Crippen molar-refractivity contribution in [1.82, 2.24) is 9.80 Å². The summed E-state index contributed by atoms with van der Waals surface area (Å²) in [5.41, 5.74) is 6.96. The van der Waals surface area contributed by atoms with Crippen LogP contribution in [0.3, 0.4) is 0 Å². The Bertz CT molecular complexity index is 2780. The third-order valence-corrected chi connectivity index (χ3v) is 12.5. The Labute approximate surface area is 407 Å². The Morgan fingerprint density at radius 2 is 0.783 bits per heavy atom. The van der Waals surface area contributed by atoms with Crippen molar-refractivity contribution >= 4 is 21.5 Å². The molecule has 1 aliphatic heterocycles. The summed E-state index contributed by atoms with van der Waals surface area (Å²) in [5, 5.41) is 4.61. The second kappa shape index (κ2) is 24.7. The summed E-state index contributed by atoms with van der Waals surface area (Å²) < 4.78 is 32.4. The van der Waals surface area contributed by atoms with Gasteiger partial charge in [-0.3, -0.25) is 9.80 Å². The Morgan fingerprint density at radius 3 is 1.22 bits per heavy atom. The van der Waals surface area contributed by atoms with Crippen molar-refractivity contribution in [2.45, 2.75) is 38.3 Å². The average molecular weight is 911 g/mol. The van der Waals surface area contributed by atoms with E-state index in [4.69, 9.17) is 23.7 Å². The predicted octanol–water partition coefficient (Wildman–Crippen LogP) is 12.0. The summed E-state index contributed by atoms with van der Waals surface area (Å²) in [4.78, 5) is 4.96. The largest absolute Gasteiger partial charge is 0.491 e. The van der Waals surface area contributed by atoms with Crippen molar-refractivity contribution in [3.63, 3.8) is 0 Å². The van der Waals surface area contributed by atoms with Crippen molar-refractivity contribution < 1.29 is 23.7 Å². The number of hydrogen-bond acceptors (Lipinski definition) is 7. The monoisotopic (exact) mass is 910 g/mol. The van der Waals surface area contributed by atoms with Gasteiger partial charge in [-0.25, -0.2) is 0 Å². The number of hydrogen-bond donors (Lipinski definition) is 0. The smallest absolute Gasteiger partial charge is 0.124 e. The maximum atomic E-state index is 6.65. The van der Waals surface area contributed by atoms with Crippen LogP contribution in [0.25, 0.3) is 21.5 Å². The van der Waals surface area contributed by atoms with Crippen LogP contribution in [0.5, 0.6) is 11.5 Å². The lowest BCUT2D eigenvalue weighted by atomic mass is 10.00. The SMILES string of the molecule is C1#CCOC[C@@H](c2ccccc2)N(Cc2ccccc2)Cc2c(ccc3ccccc23)OCCOCCOc2ccc3ccccc3c2CN(Cc2ccccc2)[C@H](c2ccccc2)COCC#C1. The molecule has 0 spiro atoms. The summed E-state index contributed by atoms with van der Waals surface area (Å²) in [5.74, 6) is 14.0. The van der Waals surface area contributed by atoms with Gasteiger partial charge in [-0.15, -0.1) is 0 Å². The number of fused-ring (bicyclic) bond motifs is 6. The maximum absolute atomic E-state index is 6.65. The summed E-state index contributed by atoms with van der Waals surface area (Å²) in [6.07, 6.45) is 0. The molecule has 1 heterocycles. The van der Waals surface area contributed by atoms with Crippen LogP contribution in [0.4, 0.5) is 0 Å². The van der Waals surface area contributed by atoms with E-state index >= 15 is 0 Å². The van der Waals surface area contributed by atoms with E-state index in [1.165, 1.54) is 11.1 Å². The number of benzene rings is 8. The first-order valence-electron chi connectivity index (χ1n) is 23.9. The first-order valence-corrected chi connectivity index (χ1v) is 23.9. The van der Waals surface area contributed by atoms with Crippen LogP contribution in [0, 0.1) is 23.7 Å². The zero-order valence-corrected chi connectivity index (χ0v) is 39.1. The molecule has 69 heavy (non-hydrogen) atoms.